The van der Waals surface area contributed by atoms with E-state index >= 15 is 0 Å². The van der Waals surface area contributed by atoms with E-state index in [9.17, 15) is 25.5 Å². The Balaban J connectivity index is 1.64. The second-order valence-electron chi connectivity index (χ2n) is 8.64. The summed E-state index contributed by atoms with van der Waals surface area (Å²) < 4.78 is 11.8. The van der Waals surface area contributed by atoms with Gasteiger partial charge in [0.15, 0.2) is 6.29 Å². The van der Waals surface area contributed by atoms with Crippen LogP contribution in [0.3, 0.4) is 0 Å². The number of aliphatic hydroxyl groups is 5. The zero-order valence-corrected chi connectivity index (χ0v) is 14.6. The van der Waals surface area contributed by atoms with Gasteiger partial charge in [-0.3, -0.25) is 0 Å². The first-order chi connectivity index (χ1) is 11.7. The second-order valence-corrected chi connectivity index (χ2v) is 8.64. The lowest BCUT2D eigenvalue weighted by atomic mass is 9.59. The number of hydrogen-bond acceptors (Lipinski definition) is 7. The molecule has 1 aliphatic heterocycles. The topological polar surface area (TPSA) is 120 Å². The SMILES string of the molecule is C[C@]12C[C@@H](O)[C@@H]3C[C@@]1(O[C@@H]1O[C@H](CO)[C@@H](O)[C@H](O)[C@H]1O)C=CC[C@@]32C. The van der Waals surface area contributed by atoms with Gasteiger partial charge in [0.1, 0.15) is 24.4 Å². The average Bonchev–Trinajstić information content (AvgIpc) is 2.79. The first-order valence-electron chi connectivity index (χ1n) is 9.03. The van der Waals surface area contributed by atoms with Crippen molar-refractivity contribution < 1.29 is 35.0 Å². The second kappa shape index (κ2) is 5.48. The van der Waals surface area contributed by atoms with Crippen molar-refractivity contribution in [2.75, 3.05) is 6.61 Å². The van der Waals surface area contributed by atoms with Crippen molar-refractivity contribution in [3.63, 3.8) is 0 Å². The Labute approximate surface area is 146 Å². The third-order valence-electron chi connectivity index (χ3n) is 7.72. The highest BCUT2D eigenvalue weighted by Crippen LogP contribution is 2.74. The predicted molar refractivity (Wildman–Crippen MR) is 86.3 cm³/mol. The number of aliphatic hydroxyl groups excluding tert-OH is 5. The van der Waals surface area contributed by atoms with Crippen LogP contribution in [-0.2, 0) is 9.47 Å². The number of allylic oxidation sites excluding steroid dienone is 1. The van der Waals surface area contributed by atoms with E-state index in [1.54, 1.807) is 0 Å². The van der Waals surface area contributed by atoms with E-state index in [0.717, 1.165) is 6.42 Å². The van der Waals surface area contributed by atoms with Crippen molar-refractivity contribution in [3.8, 4) is 0 Å². The molecule has 2 saturated carbocycles. The molecule has 3 fully saturated rings. The van der Waals surface area contributed by atoms with Crippen molar-refractivity contribution >= 4 is 0 Å². The van der Waals surface area contributed by atoms with Gasteiger partial charge in [0.2, 0.25) is 0 Å². The summed E-state index contributed by atoms with van der Waals surface area (Å²) in [7, 11) is 0. The van der Waals surface area contributed by atoms with Gasteiger partial charge in [0.05, 0.1) is 18.3 Å². The van der Waals surface area contributed by atoms with Crippen molar-refractivity contribution in [2.24, 2.45) is 16.7 Å². The molecule has 1 saturated heterocycles. The van der Waals surface area contributed by atoms with Crippen LogP contribution in [0.2, 0.25) is 0 Å². The van der Waals surface area contributed by atoms with E-state index in [-0.39, 0.29) is 22.9 Å². The summed E-state index contributed by atoms with van der Waals surface area (Å²) in [5.74, 6) is 0.0948. The van der Waals surface area contributed by atoms with Crippen LogP contribution in [0.5, 0.6) is 0 Å². The Hall–Kier alpha value is -0.540. The maximum absolute atomic E-state index is 10.5. The first-order valence-corrected chi connectivity index (χ1v) is 9.03. The van der Waals surface area contributed by atoms with Crippen LogP contribution < -0.4 is 0 Å². The van der Waals surface area contributed by atoms with Crippen LogP contribution in [0.25, 0.3) is 0 Å². The van der Waals surface area contributed by atoms with Crippen molar-refractivity contribution in [3.05, 3.63) is 12.2 Å². The minimum absolute atomic E-state index is 0.0948. The quantitative estimate of drug-likeness (QED) is 0.424. The average molecular weight is 356 g/mol. The molecule has 5 N–H and O–H groups in total. The molecule has 0 amide bonds. The van der Waals surface area contributed by atoms with Gasteiger partial charge < -0.3 is 35.0 Å². The van der Waals surface area contributed by atoms with E-state index in [4.69, 9.17) is 9.47 Å². The Bertz CT molecular complexity index is 580. The molecular weight excluding hydrogens is 328 g/mol. The lowest BCUT2D eigenvalue weighted by molar-refractivity contribution is -0.334. The van der Waals surface area contributed by atoms with Crippen LogP contribution in [0, 0.1) is 16.7 Å². The molecular formula is C18H28O7. The smallest absolute Gasteiger partial charge is 0.187 e. The highest BCUT2D eigenvalue weighted by Gasteiger charge is 2.74. The minimum Gasteiger partial charge on any atom is -0.394 e. The Kier molecular flexibility index (Phi) is 3.92. The van der Waals surface area contributed by atoms with E-state index in [1.165, 1.54) is 0 Å². The highest BCUT2D eigenvalue weighted by molar-refractivity contribution is 5.32. The molecule has 0 spiro atoms. The van der Waals surface area contributed by atoms with E-state index in [1.807, 2.05) is 6.08 Å². The summed E-state index contributed by atoms with van der Waals surface area (Å²) >= 11 is 0. The fraction of sp³-hybridized carbons (Fsp3) is 0.889. The molecule has 25 heavy (non-hydrogen) atoms. The number of ether oxygens (including phenoxy) is 2. The molecule has 0 unspecified atom stereocenters. The monoisotopic (exact) mass is 356 g/mol. The van der Waals surface area contributed by atoms with Crippen molar-refractivity contribution in [1.29, 1.82) is 0 Å². The van der Waals surface area contributed by atoms with Crippen molar-refractivity contribution in [2.45, 2.75) is 75.5 Å². The molecule has 1 heterocycles. The van der Waals surface area contributed by atoms with Gasteiger partial charge in [-0.2, -0.15) is 0 Å². The number of hydrogen-bond donors (Lipinski definition) is 5. The third kappa shape index (κ3) is 2.06. The fourth-order valence-corrected chi connectivity index (χ4v) is 5.91. The molecule has 4 aliphatic rings. The largest absolute Gasteiger partial charge is 0.394 e. The molecule has 4 rings (SSSR count). The molecule has 142 valence electrons. The zero-order chi connectivity index (χ0) is 18.2. The van der Waals surface area contributed by atoms with E-state index in [0.29, 0.717) is 12.8 Å². The van der Waals surface area contributed by atoms with Crippen LogP contribution >= 0.6 is 0 Å². The van der Waals surface area contributed by atoms with Crippen molar-refractivity contribution in [1.82, 2.24) is 0 Å². The summed E-state index contributed by atoms with van der Waals surface area (Å²) in [5.41, 5.74) is -1.13. The Morgan fingerprint density at radius 3 is 2.48 bits per heavy atom. The molecule has 0 aromatic rings. The third-order valence-corrected chi connectivity index (χ3v) is 7.72. The normalized spacial score (nSPS) is 60.2. The standard InChI is InChI=1S/C18H28O7/c1-16-4-3-5-18(6-9(16)10(20)7-17(16,18)2)25-15-14(23)13(22)12(21)11(8-19)24-15/h3,5,9-15,19-23H,4,6-8H2,1-2H3/t9-,10+,11+,12+,13-,14+,15-,16-,17+,18-/m0/s1. The highest BCUT2D eigenvalue weighted by atomic mass is 16.7. The van der Waals surface area contributed by atoms with Gasteiger partial charge in [0, 0.05) is 5.41 Å². The van der Waals surface area contributed by atoms with Crippen LogP contribution in [0.1, 0.15) is 33.1 Å². The lowest BCUT2D eigenvalue weighted by Crippen LogP contribution is -2.62. The van der Waals surface area contributed by atoms with Crippen LogP contribution in [0.15, 0.2) is 12.2 Å². The fourth-order valence-electron chi connectivity index (χ4n) is 5.91. The van der Waals surface area contributed by atoms with Gasteiger partial charge >= 0.3 is 0 Å². The molecule has 0 aromatic carbocycles. The van der Waals surface area contributed by atoms with Gasteiger partial charge in [-0.1, -0.05) is 26.0 Å². The summed E-state index contributed by atoms with van der Waals surface area (Å²) in [6.07, 6.45) is -0.640. The molecule has 10 atom stereocenters. The molecule has 7 heteroatoms. The summed E-state index contributed by atoms with van der Waals surface area (Å²) in [5, 5.41) is 50.1. The molecule has 0 radical (unpaired) electrons. The van der Waals surface area contributed by atoms with Gasteiger partial charge in [0.25, 0.3) is 0 Å². The predicted octanol–water partition coefficient (Wildman–Crippen LogP) is -0.701. The number of rotatable bonds is 3. The van der Waals surface area contributed by atoms with E-state index < -0.39 is 42.9 Å². The lowest BCUT2D eigenvalue weighted by Gasteiger charge is -2.52. The first kappa shape index (κ1) is 17.9. The summed E-state index contributed by atoms with van der Waals surface area (Å²) in [4.78, 5) is 0. The summed E-state index contributed by atoms with van der Waals surface area (Å²) in [6, 6.07) is 0. The Morgan fingerprint density at radius 1 is 1.08 bits per heavy atom. The Morgan fingerprint density at radius 2 is 1.80 bits per heavy atom. The van der Waals surface area contributed by atoms with E-state index in [2.05, 4.69) is 19.9 Å². The maximum Gasteiger partial charge on any atom is 0.187 e. The van der Waals surface area contributed by atoms with Gasteiger partial charge in [-0.15, -0.1) is 0 Å². The molecule has 4 bridgehead atoms. The van der Waals surface area contributed by atoms with Gasteiger partial charge in [-0.05, 0) is 30.6 Å². The molecule has 3 aliphatic carbocycles. The minimum atomic E-state index is -1.46. The zero-order valence-electron chi connectivity index (χ0n) is 14.6. The van der Waals surface area contributed by atoms with Gasteiger partial charge in [-0.25, -0.2) is 0 Å². The molecule has 0 aromatic heterocycles. The summed E-state index contributed by atoms with van der Waals surface area (Å²) in [6.45, 7) is 3.80. The van der Waals surface area contributed by atoms with Crippen LogP contribution in [-0.4, -0.2) is 74.6 Å². The van der Waals surface area contributed by atoms with Crippen LogP contribution in [0.4, 0.5) is 0 Å². The maximum atomic E-state index is 10.5. The molecule has 7 nitrogen and oxygen atoms in total.